The first-order chi connectivity index (χ1) is 11.8. The molecule has 0 aliphatic heterocycles. The van der Waals surface area contributed by atoms with Crippen LogP contribution in [0.5, 0.6) is 0 Å². The highest BCUT2D eigenvalue weighted by Crippen LogP contribution is 2.41. The van der Waals surface area contributed by atoms with Crippen molar-refractivity contribution >= 4 is 48.7 Å². The Morgan fingerprint density at radius 3 is 2.33 bits per heavy atom. The highest BCUT2D eigenvalue weighted by molar-refractivity contribution is 6.32. The highest BCUT2D eigenvalue weighted by Gasteiger charge is 2.16. The van der Waals surface area contributed by atoms with Crippen molar-refractivity contribution in [3.63, 3.8) is 0 Å². The van der Waals surface area contributed by atoms with Gasteiger partial charge in [0.25, 0.3) is 0 Å². The van der Waals surface area contributed by atoms with Crippen molar-refractivity contribution in [3.05, 3.63) is 78.5 Å². The van der Waals surface area contributed by atoms with Crippen LogP contribution in [0.2, 0.25) is 0 Å². The molecule has 0 aliphatic carbocycles. The van der Waals surface area contributed by atoms with Gasteiger partial charge in [0, 0.05) is 22.4 Å². The van der Waals surface area contributed by atoms with Crippen LogP contribution < -0.4 is 0 Å². The molecule has 6 aromatic rings. The Morgan fingerprint density at radius 1 is 0.625 bits per heavy atom. The van der Waals surface area contributed by atoms with E-state index in [-0.39, 0.29) is 0 Å². The molecule has 0 N–H and O–H groups in total. The van der Waals surface area contributed by atoms with Crippen LogP contribution in [-0.2, 0) is 0 Å². The van der Waals surface area contributed by atoms with Crippen LogP contribution in [0.4, 0.5) is 0 Å². The molecule has 0 bridgehead atoms. The number of rotatable bonds is 0. The fraction of sp³-hybridized carbons (Fsp3) is 0.0435. The van der Waals surface area contributed by atoms with Crippen LogP contribution in [0.3, 0.4) is 0 Å². The lowest BCUT2D eigenvalue weighted by atomic mass is 9.93. The average molecular weight is 305 g/mol. The van der Waals surface area contributed by atoms with Crippen molar-refractivity contribution in [2.45, 2.75) is 6.92 Å². The standard InChI is InChI=1S/C23H15N/c1-14-9-10-15-17-6-4-7-18-16-5-2-3-8-21(16)24-12-11-19(20(15)13-14)23(24)22(17)18/h2-13H,1H3. The fourth-order valence-electron chi connectivity index (χ4n) is 4.39. The summed E-state index contributed by atoms with van der Waals surface area (Å²) in [6.07, 6.45) is 2.22. The monoisotopic (exact) mass is 305 g/mol. The summed E-state index contributed by atoms with van der Waals surface area (Å²) < 4.78 is 2.36. The Balaban J connectivity index is 2.11. The molecule has 1 nitrogen and oxygen atoms in total. The molecule has 112 valence electrons. The fourth-order valence-corrected chi connectivity index (χ4v) is 4.39. The van der Waals surface area contributed by atoms with Crippen molar-refractivity contribution in [3.8, 4) is 0 Å². The highest BCUT2D eigenvalue weighted by atomic mass is 14.9. The first-order valence-electron chi connectivity index (χ1n) is 8.39. The lowest BCUT2D eigenvalue weighted by molar-refractivity contribution is 1.29. The Morgan fingerprint density at radius 2 is 1.42 bits per heavy atom. The van der Waals surface area contributed by atoms with E-state index in [1.54, 1.807) is 0 Å². The second-order valence-corrected chi connectivity index (χ2v) is 6.74. The number of aromatic nitrogens is 1. The molecular weight excluding hydrogens is 290 g/mol. The molecule has 0 saturated carbocycles. The maximum atomic E-state index is 2.36. The number of hydrogen-bond acceptors (Lipinski definition) is 0. The number of fused-ring (bicyclic) bond motifs is 6. The van der Waals surface area contributed by atoms with Gasteiger partial charge < -0.3 is 4.40 Å². The molecule has 2 aromatic heterocycles. The van der Waals surface area contributed by atoms with Crippen LogP contribution in [-0.4, -0.2) is 4.40 Å². The van der Waals surface area contributed by atoms with Crippen LogP contribution >= 0.6 is 0 Å². The summed E-state index contributed by atoms with van der Waals surface area (Å²) in [5.41, 5.74) is 3.93. The molecule has 2 heterocycles. The molecule has 0 spiro atoms. The third-order valence-electron chi connectivity index (χ3n) is 5.40. The van der Waals surface area contributed by atoms with Crippen molar-refractivity contribution < 1.29 is 0 Å². The Hall–Kier alpha value is -3.06. The van der Waals surface area contributed by atoms with Crippen molar-refractivity contribution in [1.29, 1.82) is 0 Å². The summed E-state index contributed by atoms with van der Waals surface area (Å²) >= 11 is 0. The van der Waals surface area contributed by atoms with E-state index in [1.165, 1.54) is 54.3 Å². The molecule has 0 fully saturated rings. The minimum Gasteiger partial charge on any atom is -0.315 e. The topological polar surface area (TPSA) is 4.41 Å². The third-order valence-corrected chi connectivity index (χ3v) is 5.40. The van der Waals surface area contributed by atoms with Gasteiger partial charge in [0.2, 0.25) is 0 Å². The Bertz CT molecular complexity index is 1400. The molecule has 0 atom stereocenters. The predicted octanol–water partition coefficient (Wildman–Crippen LogP) is 6.30. The molecule has 6 rings (SSSR count). The summed E-state index contributed by atoms with van der Waals surface area (Å²) in [5, 5.41) is 9.45. The van der Waals surface area contributed by atoms with E-state index >= 15 is 0 Å². The van der Waals surface area contributed by atoms with Gasteiger partial charge in [-0.1, -0.05) is 60.2 Å². The number of para-hydroxylation sites is 1. The lowest BCUT2D eigenvalue weighted by Crippen LogP contribution is -1.92. The molecule has 4 aromatic carbocycles. The third kappa shape index (κ3) is 1.32. The van der Waals surface area contributed by atoms with E-state index < -0.39 is 0 Å². The van der Waals surface area contributed by atoms with Gasteiger partial charge in [-0.15, -0.1) is 0 Å². The van der Waals surface area contributed by atoms with E-state index in [4.69, 9.17) is 0 Å². The van der Waals surface area contributed by atoms with Gasteiger partial charge in [-0.3, -0.25) is 0 Å². The van der Waals surface area contributed by atoms with Gasteiger partial charge in [-0.25, -0.2) is 0 Å². The molecule has 0 saturated heterocycles. The minimum atomic E-state index is 1.28. The Labute approximate surface area is 139 Å². The first kappa shape index (κ1) is 12.4. The molecule has 1 heteroatoms. The minimum absolute atomic E-state index is 1.28. The second kappa shape index (κ2) is 4.07. The van der Waals surface area contributed by atoms with Crippen molar-refractivity contribution in [2.75, 3.05) is 0 Å². The molecule has 0 aliphatic rings. The number of aryl methyl sites for hydroxylation is 1. The van der Waals surface area contributed by atoms with Gasteiger partial charge >= 0.3 is 0 Å². The number of pyridine rings is 1. The lowest BCUT2D eigenvalue weighted by Gasteiger charge is -2.15. The summed E-state index contributed by atoms with van der Waals surface area (Å²) in [6, 6.07) is 24.5. The second-order valence-electron chi connectivity index (χ2n) is 6.74. The van der Waals surface area contributed by atoms with Crippen molar-refractivity contribution in [2.24, 2.45) is 0 Å². The zero-order valence-corrected chi connectivity index (χ0v) is 13.4. The van der Waals surface area contributed by atoms with Gasteiger partial charge in [0.15, 0.2) is 0 Å². The predicted molar refractivity (Wildman–Crippen MR) is 103 cm³/mol. The normalized spacial score (nSPS) is 12.4. The maximum absolute atomic E-state index is 2.36. The largest absolute Gasteiger partial charge is 0.315 e. The van der Waals surface area contributed by atoms with Crippen LogP contribution in [0.25, 0.3) is 48.7 Å². The van der Waals surface area contributed by atoms with Gasteiger partial charge in [-0.2, -0.15) is 0 Å². The van der Waals surface area contributed by atoms with E-state index in [9.17, 15) is 0 Å². The number of hydrogen-bond donors (Lipinski definition) is 0. The SMILES string of the molecule is Cc1ccc2c(c1)c1ccn3c4ccccc4c4cccc2c4c13. The zero-order valence-electron chi connectivity index (χ0n) is 13.4. The van der Waals surface area contributed by atoms with Gasteiger partial charge in [0.1, 0.15) is 0 Å². The molecule has 0 unspecified atom stereocenters. The zero-order chi connectivity index (χ0) is 15.8. The van der Waals surface area contributed by atoms with E-state index in [0.717, 1.165) is 0 Å². The van der Waals surface area contributed by atoms with Crippen LogP contribution in [0, 0.1) is 6.92 Å². The van der Waals surface area contributed by atoms with E-state index in [2.05, 4.69) is 84.3 Å². The van der Waals surface area contributed by atoms with Crippen LogP contribution in [0.1, 0.15) is 5.56 Å². The average Bonchev–Trinajstić information content (AvgIpc) is 3.07. The maximum Gasteiger partial charge on any atom is 0.0619 e. The molecule has 0 radical (unpaired) electrons. The van der Waals surface area contributed by atoms with E-state index in [1.807, 2.05) is 0 Å². The Kier molecular flexibility index (Phi) is 2.10. The smallest absolute Gasteiger partial charge is 0.0619 e. The quantitative estimate of drug-likeness (QED) is 0.229. The molecular formula is C23H15N. The van der Waals surface area contributed by atoms with Crippen molar-refractivity contribution in [1.82, 2.24) is 4.40 Å². The van der Waals surface area contributed by atoms with Crippen LogP contribution in [0.15, 0.2) is 72.9 Å². The van der Waals surface area contributed by atoms with Gasteiger partial charge in [0.05, 0.1) is 11.0 Å². The first-order valence-corrected chi connectivity index (χ1v) is 8.39. The van der Waals surface area contributed by atoms with Gasteiger partial charge in [-0.05, 0) is 40.6 Å². The summed E-state index contributed by atoms with van der Waals surface area (Å²) in [5.74, 6) is 0. The number of nitrogens with zero attached hydrogens (tertiary/aromatic N) is 1. The summed E-state index contributed by atoms with van der Waals surface area (Å²) in [4.78, 5) is 0. The molecule has 24 heavy (non-hydrogen) atoms. The summed E-state index contributed by atoms with van der Waals surface area (Å²) in [6.45, 7) is 2.17. The summed E-state index contributed by atoms with van der Waals surface area (Å²) in [7, 11) is 0. The van der Waals surface area contributed by atoms with E-state index in [0.29, 0.717) is 0 Å². The molecule has 0 amide bonds. The number of benzene rings is 4.